The van der Waals surface area contributed by atoms with E-state index >= 15 is 0 Å². The number of rotatable bonds is 5. The fourth-order valence-electron chi connectivity index (χ4n) is 1.72. The van der Waals surface area contributed by atoms with Crippen molar-refractivity contribution in [1.29, 1.82) is 0 Å². The van der Waals surface area contributed by atoms with E-state index in [4.69, 9.17) is 0 Å². The second kappa shape index (κ2) is 5.76. The van der Waals surface area contributed by atoms with Gasteiger partial charge in [0.25, 0.3) is 0 Å². The molecule has 2 unspecified atom stereocenters. The molecule has 0 spiro atoms. The lowest BCUT2D eigenvalue weighted by atomic mass is 10.0. The normalized spacial score (nSPS) is 22.2. The molecule has 0 aromatic heterocycles. The summed E-state index contributed by atoms with van der Waals surface area (Å²) in [6.45, 7) is 3.75. The molecule has 1 aliphatic carbocycles. The molecule has 82 valence electrons. The van der Waals surface area contributed by atoms with E-state index in [1.165, 1.54) is 12.8 Å². The first kappa shape index (κ1) is 12.1. The number of carbonyl (C=O) groups excluding carboxylic acids is 1. The van der Waals surface area contributed by atoms with Crippen molar-refractivity contribution in [2.24, 2.45) is 5.92 Å². The number of carbonyl (C=O) groups is 1. The van der Waals surface area contributed by atoms with Crippen molar-refractivity contribution in [1.82, 2.24) is 0 Å². The molecule has 0 radical (unpaired) electrons. The molecular weight excluding hydrogens is 196 g/mol. The monoisotopic (exact) mass is 216 g/mol. The van der Waals surface area contributed by atoms with Gasteiger partial charge >= 0.3 is 0 Å². The second-order valence-electron chi connectivity index (χ2n) is 4.20. The van der Waals surface area contributed by atoms with E-state index in [1.807, 2.05) is 6.92 Å². The highest BCUT2D eigenvalue weighted by molar-refractivity contribution is 8.00. The molecule has 0 aromatic carbocycles. The Morgan fingerprint density at radius 1 is 1.43 bits per heavy atom. The van der Waals surface area contributed by atoms with Crippen LogP contribution in [0.3, 0.4) is 0 Å². The van der Waals surface area contributed by atoms with Crippen LogP contribution < -0.4 is 0 Å². The van der Waals surface area contributed by atoms with Crippen molar-refractivity contribution < 1.29 is 9.90 Å². The summed E-state index contributed by atoms with van der Waals surface area (Å²) in [7, 11) is 0. The van der Waals surface area contributed by atoms with Crippen LogP contribution in [0.2, 0.25) is 0 Å². The lowest BCUT2D eigenvalue weighted by molar-refractivity contribution is -0.120. The number of hydrogen-bond donors (Lipinski definition) is 1. The van der Waals surface area contributed by atoms with Crippen molar-refractivity contribution in [3.63, 3.8) is 0 Å². The Balaban J connectivity index is 2.20. The zero-order chi connectivity index (χ0) is 10.6. The minimum atomic E-state index is -0.323. The van der Waals surface area contributed by atoms with Crippen LogP contribution in [0.4, 0.5) is 0 Å². The van der Waals surface area contributed by atoms with E-state index in [0.29, 0.717) is 17.5 Å². The van der Waals surface area contributed by atoms with Crippen molar-refractivity contribution in [2.45, 2.75) is 50.9 Å². The maximum Gasteiger partial charge on any atom is 0.145 e. The van der Waals surface area contributed by atoms with Crippen LogP contribution in [0.5, 0.6) is 0 Å². The Labute approximate surface area is 90.5 Å². The van der Waals surface area contributed by atoms with Crippen LogP contribution in [-0.4, -0.2) is 28.0 Å². The number of thioether (sulfide) groups is 1. The third-order valence-corrected chi connectivity index (χ3v) is 4.35. The molecule has 0 aromatic rings. The van der Waals surface area contributed by atoms with Gasteiger partial charge in [0.15, 0.2) is 0 Å². The highest BCUT2D eigenvalue weighted by Crippen LogP contribution is 2.27. The summed E-state index contributed by atoms with van der Waals surface area (Å²) in [5.74, 6) is 1.29. The second-order valence-corrected chi connectivity index (χ2v) is 5.57. The average molecular weight is 216 g/mol. The molecular formula is C11H20O2S. The first-order valence-corrected chi connectivity index (χ1v) is 6.48. The fraction of sp³-hybridized carbons (Fsp3) is 0.909. The highest BCUT2D eigenvalue weighted by Gasteiger charge is 2.23. The summed E-state index contributed by atoms with van der Waals surface area (Å²) >= 11 is 1.58. The molecule has 1 saturated carbocycles. The molecule has 1 N–H and O–H groups in total. The summed E-state index contributed by atoms with van der Waals surface area (Å²) in [4.78, 5) is 11.7. The lowest BCUT2D eigenvalue weighted by Gasteiger charge is -2.14. The molecule has 0 saturated heterocycles. The SMILES string of the molecule is CC(O)C(C)SCC(=O)C1CCCC1. The highest BCUT2D eigenvalue weighted by atomic mass is 32.2. The van der Waals surface area contributed by atoms with Gasteiger partial charge in [0, 0.05) is 11.2 Å². The van der Waals surface area contributed by atoms with Crippen LogP contribution in [0.25, 0.3) is 0 Å². The third-order valence-electron chi connectivity index (χ3n) is 2.98. The number of aliphatic hydroxyl groups is 1. The molecule has 14 heavy (non-hydrogen) atoms. The standard InChI is InChI=1S/C11H20O2S/c1-8(12)9(2)14-7-11(13)10-5-3-4-6-10/h8-10,12H,3-7H2,1-2H3. The molecule has 0 heterocycles. The number of Topliss-reactive ketones (excluding diaryl/α,β-unsaturated/α-hetero) is 1. The van der Waals surface area contributed by atoms with Gasteiger partial charge in [-0.05, 0) is 19.8 Å². The van der Waals surface area contributed by atoms with Crippen molar-refractivity contribution in [3.8, 4) is 0 Å². The predicted molar refractivity (Wildman–Crippen MR) is 60.6 cm³/mol. The van der Waals surface area contributed by atoms with Crippen LogP contribution >= 0.6 is 11.8 Å². The van der Waals surface area contributed by atoms with Crippen molar-refractivity contribution in [3.05, 3.63) is 0 Å². The van der Waals surface area contributed by atoms with E-state index in [0.717, 1.165) is 12.8 Å². The molecule has 2 nitrogen and oxygen atoms in total. The van der Waals surface area contributed by atoms with Crippen molar-refractivity contribution >= 4 is 17.5 Å². The predicted octanol–water partition coefficient (Wildman–Crippen LogP) is 2.25. The summed E-state index contributed by atoms with van der Waals surface area (Å²) in [6.07, 6.45) is 4.28. The quantitative estimate of drug-likeness (QED) is 0.766. The van der Waals surface area contributed by atoms with Crippen LogP contribution in [0.15, 0.2) is 0 Å². The van der Waals surface area contributed by atoms with Gasteiger partial charge in [0.05, 0.1) is 11.9 Å². The molecule has 0 bridgehead atoms. The fourth-order valence-corrected chi connectivity index (χ4v) is 2.66. The number of aliphatic hydroxyl groups excluding tert-OH is 1. The van der Waals surface area contributed by atoms with Crippen LogP contribution in [0, 0.1) is 5.92 Å². The summed E-state index contributed by atoms with van der Waals surface area (Å²) in [5.41, 5.74) is 0. The van der Waals surface area contributed by atoms with Crippen LogP contribution in [0.1, 0.15) is 39.5 Å². The maximum atomic E-state index is 11.7. The Morgan fingerprint density at radius 2 is 2.00 bits per heavy atom. The Morgan fingerprint density at radius 3 is 2.50 bits per heavy atom. The molecule has 3 heteroatoms. The molecule has 1 fully saturated rings. The van der Waals surface area contributed by atoms with Crippen LogP contribution in [-0.2, 0) is 4.79 Å². The van der Waals surface area contributed by atoms with Crippen molar-refractivity contribution in [2.75, 3.05) is 5.75 Å². The zero-order valence-corrected chi connectivity index (χ0v) is 9.85. The maximum absolute atomic E-state index is 11.7. The number of hydrogen-bond acceptors (Lipinski definition) is 3. The van der Waals surface area contributed by atoms with Gasteiger partial charge in [-0.15, -0.1) is 11.8 Å². The van der Waals surface area contributed by atoms with Gasteiger partial charge in [-0.3, -0.25) is 4.79 Å². The summed E-state index contributed by atoms with van der Waals surface area (Å²) in [6, 6.07) is 0. The largest absolute Gasteiger partial charge is 0.392 e. The molecule has 2 atom stereocenters. The van der Waals surface area contributed by atoms with Gasteiger partial charge in [-0.2, -0.15) is 0 Å². The van der Waals surface area contributed by atoms with Gasteiger partial charge in [0.1, 0.15) is 5.78 Å². The van der Waals surface area contributed by atoms with E-state index in [2.05, 4.69) is 0 Å². The average Bonchev–Trinajstić information content (AvgIpc) is 2.66. The van der Waals surface area contributed by atoms with Gasteiger partial charge in [0.2, 0.25) is 0 Å². The zero-order valence-electron chi connectivity index (χ0n) is 9.03. The Kier molecular flexibility index (Phi) is 4.96. The molecule has 0 aliphatic heterocycles. The van der Waals surface area contributed by atoms with E-state index < -0.39 is 0 Å². The van der Waals surface area contributed by atoms with Gasteiger partial charge < -0.3 is 5.11 Å². The topological polar surface area (TPSA) is 37.3 Å². The summed E-state index contributed by atoms with van der Waals surface area (Å²) in [5, 5.41) is 9.43. The lowest BCUT2D eigenvalue weighted by Crippen LogP contribution is -2.20. The third kappa shape index (κ3) is 3.62. The molecule has 1 rings (SSSR count). The minimum absolute atomic E-state index is 0.167. The number of ketones is 1. The Hall–Kier alpha value is -0.0200. The first-order valence-electron chi connectivity index (χ1n) is 5.43. The Bertz CT molecular complexity index is 186. The smallest absolute Gasteiger partial charge is 0.145 e. The van der Waals surface area contributed by atoms with E-state index in [1.54, 1.807) is 18.7 Å². The van der Waals surface area contributed by atoms with E-state index in [9.17, 15) is 9.90 Å². The minimum Gasteiger partial charge on any atom is -0.392 e. The van der Waals surface area contributed by atoms with Gasteiger partial charge in [-0.25, -0.2) is 0 Å². The van der Waals surface area contributed by atoms with E-state index in [-0.39, 0.29) is 11.4 Å². The molecule has 1 aliphatic rings. The first-order chi connectivity index (χ1) is 6.61. The van der Waals surface area contributed by atoms with Gasteiger partial charge in [-0.1, -0.05) is 19.8 Å². The molecule has 0 amide bonds. The summed E-state index contributed by atoms with van der Waals surface area (Å²) < 4.78 is 0.